The third-order valence-electron chi connectivity index (χ3n) is 3.57. The minimum atomic E-state index is 0.637. The van der Waals surface area contributed by atoms with Gasteiger partial charge in [-0.1, -0.05) is 36.4 Å². The van der Waals surface area contributed by atoms with Crippen LogP contribution in [0, 0.1) is 11.3 Å². The van der Waals surface area contributed by atoms with Crippen molar-refractivity contribution < 1.29 is 0 Å². The SMILES string of the molecule is Cn1c(CNc2ccccc2)c(C#N)c2ccccc21. The van der Waals surface area contributed by atoms with Gasteiger partial charge in [-0.15, -0.1) is 0 Å². The highest BCUT2D eigenvalue weighted by Crippen LogP contribution is 2.25. The van der Waals surface area contributed by atoms with Crippen LogP contribution in [0.3, 0.4) is 0 Å². The molecule has 1 heterocycles. The average molecular weight is 261 g/mol. The summed E-state index contributed by atoms with van der Waals surface area (Å²) in [7, 11) is 2.01. The van der Waals surface area contributed by atoms with Gasteiger partial charge in [0.25, 0.3) is 0 Å². The summed E-state index contributed by atoms with van der Waals surface area (Å²) < 4.78 is 2.09. The van der Waals surface area contributed by atoms with Crippen LogP contribution in [0.2, 0.25) is 0 Å². The quantitative estimate of drug-likeness (QED) is 0.781. The first-order valence-electron chi connectivity index (χ1n) is 6.56. The number of fused-ring (bicyclic) bond motifs is 1. The van der Waals surface area contributed by atoms with E-state index >= 15 is 0 Å². The average Bonchev–Trinajstić information content (AvgIpc) is 2.78. The summed E-state index contributed by atoms with van der Waals surface area (Å²) in [5.74, 6) is 0. The van der Waals surface area contributed by atoms with Gasteiger partial charge in [0.1, 0.15) is 6.07 Å². The van der Waals surface area contributed by atoms with Gasteiger partial charge in [-0.3, -0.25) is 0 Å². The van der Waals surface area contributed by atoms with Crippen LogP contribution in [-0.2, 0) is 13.6 Å². The number of para-hydroxylation sites is 2. The highest BCUT2D eigenvalue weighted by molar-refractivity contribution is 5.88. The molecule has 20 heavy (non-hydrogen) atoms. The number of hydrogen-bond acceptors (Lipinski definition) is 2. The first kappa shape index (κ1) is 12.3. The number of nitriles is 1. The molecular formula is C17H15N3. The molecule has 0 atom stereocenters. The maximum Gasteiger partial charge on any atom is 0.102 e. The van der Waals surface area contributed by atoms with Crippen LogP contribution < -0.4 is 5.32 Å². The van der Waals surface area contributed by atoms with Gasteiger partial charge in [-0.2, -0.15) is 5.26 Å². The Morgan fingerprint density at radius 1 is 1.05 bits per heavy atom. The maximum absolute atomic E-state index is 9.44. The molecular weight excluding hydrogens is 246 g/mol. The van der Waals surface area contributed by atoms with Crippen LogP contribution in [0.15, 0.2) is 54.6 Å². The second kappa shape index (κ2) is 5.10. The number of aryl methyl sites for hydroxylation is 1. The molecule has 0 aliphatic carbocycles. The van der Waals surface area contributed by atoms with Crippen LogP contribution in [0.25, 0.3) is 10.9 Å². The summed E-state index contributed by atoms with van der Waals surface area (Å²) in [6.45, 7) is 0.637. The lowest BCUT2D eigenvalue weighted by Gasteiger charge is -2.08. The third-order valence-corrected chi connectivity index (χ3v) is 3.57. The molecule has 0 unspecified atom stereocenters. The van der Waals surface area contributed by atoms with Gasteiger partial charge in [-0.05, 0) is 18.2 Å². The Labute approximate surface area is 118 Å². The van der Waals surface area contributed by atoms with E-state index in [2.05, 4.69) is 16.0 Å². The first-order chi connectivity index (χ1) is 9.81. The minimum Gasteiger partial charge on any atom is -0.379 e. The molecule has 0 spiro atoms. The number of anilines is 1. The van der Waals surface area contributed by atoms with Crippen molar-refractivity contribution in [2.75, 3.05) is 5.32 Å². The van der Waals surface area contributed by atoms with Gasteiger partial charge in [-0.25, -0.2) is 0 Å². The largest absolute Gasteiger partial charge is 0.379 e. The molecule has 98 valence electrons. The molecule has 0 aliphatic rings. The Morgan fingerprint density at radius 2 is 1.75 bits per heavy atom. The molecule has 0 saturated carbocycles. The van der Waals surface area contributed by atoms with Crippen molar-refractivity contribution in [3.8, 4) is 6.07 Å². The fourth-order valence-electron chi connectivity index (χ4n) is 2.52. The molecule has 0 amide bonds. The van der Waals surface area contributed by atoms with Crippen molar-refractivity contribution in [3.63, 3.8) is 0 Å². The Hall–Kier alpha value is -2.73. The van der Waals surface area contributed by atoms with Crippen molar-refractivity contribution in [1.29, 1.82) is 5.26 Å². The molecule has 3 aromatic rings. The van der Waals surface area contributed by atoms with E-state index in [-0.39, 0.29) is 0 Å². The van der Waals surface area contributed by atoms with E-state index in [1.54, 1.807) is 0 Å². The highest BCUT2D eigenvalue weighted by atomic mass is 15.0. The Bertz CT molecular complexity index is 779. The molecule has 0 radical (unpaired) electrons. The molecule has 3 nitrogen and oxygen atoms in total. The third kappa shape index (κ3) is 2.02. The molecule has 1 N–H and O–H groups in total. The number of rotatable bonds is 3. The lowest BCUT2D eigenvalue weighted by atomic mass is 10.1. The molecule has 0 aliphatic heterocycles. The Morgan fingerprint density at radius 3 is 2.50 bits per heavy atom. The molecule has 3 heteroatoms. The van der Waals surface area contributed by atoms with E-state index in [4.69, 9.17) is 0 Å². The van der Waals surface area contributed by atoms with E-state index in [1.165, 1.54) is 0 Å². The zero-order valence-electron chi connectivity index (χ0n) is 11.3. The van der Waals surface area contributed by atoms with E-state index in [9.17, 15) is 5.26 Å². The smallest absolute Gasteiger partial charge is 0.102 e. The van der Waals surface area contributed by atoms with Crippen LogP contribution in [0.1, 0.15) is 11.3 Å². The topological polar surface area (TPSA) is 40.8 Å². The van der Waals surface area contributed by atoms with Crippen LogP contribution in [0.5, 0.6) is 0 Å². The van der Waals surface area contributed by atoms with Crippen LogP contribution >= 0.6 is 0 Å². The van der Waals surface area contributed by atoms with Crippen molar-refractivity contribution in [3.05, 3.63) is 65.9 Å². The molecule has 3 rings (SSSR count). The van der Waals surface area contributed by atoms with Gasteiger partial charge < -0.3 is 9.88 Å². The lowest BCUT2D eigenvalue weighted by molar-refractivity contribution is 0.867. The van der Waals surface area contributed by atoms with Gasteiger partial charge in [0.15, 0.2) is 0 Å². The molecule has 0 bridgehead atoms. The molecule has 0 fully saturated rings. The summed E-state index contributed by atoms with van der Waals surface area (Å²) in [5, 5.41) is 13.8. The molecule has 0 saturated heterocycles. The van der Waals surface area contributed by atoms with Crippen LogP contribution in [-0.4, -0.2) is 4.57 Å². The van der Waals surface area contributed by atoms with Crippen molar-refractivity contribution in [2.24, 2.45) is 7.05 Å². The standard InChI is InChI=1S/C17H15N3/c1-20-16-10-6-5-9-14(16)15(11-18)17(20)12-19-13-7-3-2-4-8-13/h2-10,19H,12H2,1H3. The summed E-state index contributed by atoms with van der Waals surface area (Å²) in [6, 6.07) is 20.4. The second-order valence-electron chi connectivity index (χ2n) is 4.73. The van der Waals surface area contributed by atoms with E-state index in [1.807, 2.05) is 61.6 Å². The fraction of sp³-hybridized carbons (Fsp3) is 0.118. The van der Waals surface area contributed by atoms with E-state index in [0.29, 0.717) is 6.54 Å². The molecule has 1 aromatic heterocycles. The summed E-state index contributed by atoms with van der Waals surface area (Å²) in [6.07, 6.45) is 0. The van der Waals surface area contributed by atoms with Gasteiger partial charge in [0, 0.05) is 23.6 Å². The van der Waals surface area contributed by atoms with Gasteiger partial charge >= 0.3 is 0 Å². The normalized spacial score (nSPS) is 10.4. The predicted octanol–water partition coefficient (Wildman–Crippen LogP) is 3.66. The second-order valence-corrected chi connectivity index (χ2v) is 4.73. The van der Waals surface area contributed by atoms with E-state index < -0.39 is 0 Å². The molecule has 2 aromatic carbocycles. The number of hydrogen-bond donors (Lipinski definition) is 1. The van der Waals surface area contributed by atoms with Crippen molar-refractivity contribution in [1.82, 2.24) is 4.57 Å². The summed E-state index contributed by atoms with van der Waals surface area (Å²) in [5.41, 5.74) is 3.92. The van der Waals surface area contributed by atoms with Crippen molar-refractivity contribution >= 4 is 16.6 Å². The summed E-state index contributed by atoms with van der Waals surface area (Å²) in [4.78, 5) is 0. The summed E-state index contributed by atoms with van der Waals surface area (Å²) >= 11 is 0. The fourth-order valence-corrected chi connectivity index (χ4v) is 2.52. The predicted molar refractivity (Wildman–Crippen MR) is 81.4 cm³/mol. The number of aromatic nitrogens is 1. The van der Waals surface area contributed by atoms with Crippen molar-refractivity contribution in [2.45, 2.75) is 6.54 Å². The first-order valence-corrected chi connectivity index (χ1v) is 6.56. The Balaban J connectivity index is 1.99. The lowest BCUT2D eigenvalue weighted by Crippen LogP contribution is -2.05. The number of nitrogens with one attached hydrogen (secondary N) is 1. The Kier molecular flexibility index (Phi) is 3.14. The number of nitrogens with zero attached hydrogens (tertiary/aromatic N) is 2. The maximum atomic E-state index is 9.44. The minimum absolute atomic E-state index is 0.637. The van der Waals surface area contributed by atoms with Gasteiger partial charge in [0.2, 0.25) is 0 Å². The van der Waals surface area contributed by atoms with Gasteiger partial charge in [0.05, 0.1) is 17.8 Å². The van der Waals surface area contributed by atoms with E-state index in [0.717, 1.165) is 27.8 Å². The highest BCUT2D eigenvalue weighted by Gasteiger charge is 2.13. The zero-order chi connectivity index (χ0) is 13.9. The zero-order valence-corrected chi connectivity index (χ0v) is 11.3. The monoisotopic (exact) mass is 261 g/mol. The number of benzene rings is 2. The van der Waals surface area contributed by atoms with Crippen LogP contribution in [0.4, 0.5) is 5.69 Å².